The first-order valence-corrected chi connectivity index (χ1v) is 6.28. The van der Waals surface area contributed by atoms with Gasteiger partial charge in [0.05, 0.1) is 6.61 Å². The Morgan fingerprint density at radius 2 is 2.12 bits per heavy atom. The lowest BCUT2D eigenvalue weighted by Gasteiger charge is -2.20. The molecule has 0 bridgehead atoms. The molecule has 0 aliphatic carbocycles. The first-order chi connectivity index (χ1) is 7.86. The first kappa shape index (κ1) is 11.5. The number of hydrogen-bond donors (Lipinski definition) is 0. The summed E-state index contributed by atoms with van der Waals surface area (Å²) in [5.41, 5.74) is 0. The van der Waals surface area contributed by atoms with Crippen LogP contribution in [0.2, 0.25) is 0 Å². The second-order valence-electron chi connectivity index (χ2n) is 4.54. The van der Waals surface area contributed by atoms with Gasteiger partial charge in [-0.25, -0.2) is 0 Å². The van der Waals surface area contributed by atoms with Gasteiger partial charge >= 0.3 is 0 Å². The predicted molar refractivity (Wildman–Crippen MR) is 66.8 cm³/mol. The monoisotopic (exact) mass is 219 g/mol. The van der Waals surface area contributed by atoms with Gasteiger partial charge in [0.25, 0.3) is 0 Å². The van der Waals surface area contributed by atoms with Crippen LogP contribution in [0.4, 0.5) is 0 Å². The lowest BCUT2D eigenvalue weighted by molar-refractivity contribution is 0.230. The zero-order valence-electron chi connectivity index (χ0n) is 10.1. The second-order valence-corrected chi connectivity index (χ2v) is 4.54. The van der Waals surface area contributed by atoms with E-state index in [9.17, 15) is 0 Å². The van der Waals surface area contributed by atoms with Crippen LogP contribution in [0.3, 0.4) is 0 Å². The van der Waals surface area contributed by atoms with Crippen molar-refractivity contribution >= 4 is 0 Å². The maximum Gasteiger partial charge on any atom is 0.119 e. The van der Waals surface area contributed by atoms with Crippen molar-refractivity contribution in [2.75, 3.05) is 19.7 Å². The van der Waals surface area contributed by atoms with Crippen LogP contribution in [0.25, 0.3) is 0 Å². The smallest absolute Gasteiger partial charge is 0.119 e. The molecule has 0 N–H and O–H groups in total. The third-order valence-corrected chi connectivity index (χ3v) is 3.29. The van der Waals surface area contributed by atoms with Gasteiger partial charge in [-0.1, -0.05) is 18.2 Å². The molecule has 0 amide bonds. The van der Waals surface area contributed by atoms with E-state index in [0.717, 1.165) is 24.8 Å². The molecule has 1 aliphatic heterocycles. The van der Waals surface area contributed by atoms with Gasteiger partial charge in [-0.15, -0.1) is 0 Å². The Balaban J connectivity index is 1.62. The van der Waals surface area contributed by atoms with Crippen LogP contribution >= 0.6 is 0 Å². The van der Waals surface area contributed by atoms with E-state index in [1.807, 2.05) is 30.3 Å². The fourth-order valence-electron chi connectivity index (χ4n) is 2.30. The third-order valence-electron chi connectivity index (χ3n) is 3.29. The van der Waals surface area contributed by atoms with Gasteiger partial charge in [0.15, 0.2) is 0 Å². The minimum Gasteiger partial charge on any atom is -0.494 e. The largest absolute Gasteiger partial charge is 0.494 e. The molecule has 1 saturated heterocycles. The van der Waals surface area contributed by atoms with Crippen molar-refractivity contribution in [3.05, 3.63) is 30.3 Å². The quantitative estimate of drug-likeness (QED) is 0.706. The molecule has 2 rings (SSSR count). The topological polar surface area (TPSA) is 12.5 Å². The van der Waals surface area contributed by atoms with E-state index in [0.29, 0.717) is 0 Å². The van der Waals surface area contributed by atoms with Crippen LogP contribution in [0, 0.1) is 0 Å². The molecule has 0 radical (unpaired) electrons. The average Bonchev–Trinajstić information content (AvgIpc) is 2.72. The van der Waals surface area contributed by atoms with Gasteiger partial charge in [-0.05, 0) is 44.9 Å². The lowest BCUT2D eigenvalue weighted by Crippen LogP contribution is -2.28. The molecule has 1 heterocycles. The van der Waals surface area contributed by atoms with E-state index in [-0.39, 0.29) is 0 Å². The Kier molecular flexibility index (Phi) is 4.23. The number of ether oxygens (including phenoxy) is 1. The summed E-state index contributed by atoms with van der Waals surface area (Å²) in [4.78, 5) is 2.56. The number of nitrogens with zero attached hydrogens (tertiary/aromatic N) is 1. The van der Waals surface area contributed by atoms with Crippen molar-refractivity contribution in [3.63, 3.8) is 0 Å². The van der Waals surface area contributed by atoms with Crippen molar-refractivity contribution < 1.29 is 4.74 Å². The van der Waals surface area contributed by atoms with Crippen molar-refractivity contribution in [1.82, 2.24) is 4.90 Å². The van der Waals surface area contributed by atoms with Crippen molar-refractivity contribution in [2.45, 2.75) is 32.2 Å². The van der Waals surface area contributed by atoms with Crippen LogP contribution < -0.4 is 4.74 Å². The predicted octanol–water partition coefficient (Wildman–Crippen LogP) is 2.94. The summed E-state index contributed by atoms with van der Waals surface area (Å²) >= 11 is 0. The molecule has 0 aromatic heterocycles. The van der Waals surface area contributed by atoms with Crippen LogP contribution in [-0.2, 0) is 0 Å². The van der Waals surface area contributed by atoms with E-state index in [1.165, 1.54) is 25.9 Å². The number of para-hydroxylation sites is 1. The van der Waals surface area contributed by atoms with Gasteiger partial charge in [0.2, 0.25) is 0 Å². The fraction of sp³-hybridized carbons (Fsp3) is 0.571. The highest BCUT2D eigenvalue weighted by atomic mass is 16.5. The maximum absolute atomic E-state index is 5.67. The summed E-state index contributed by atoms with van der Waals surface area (Å²) in [6.07, 6.45) is 3.85. The average molecular weight is 219 g/mol. The molecule has 1 fully saturated rings. The molecule has 2 heteroatoms. The van der Waals surface area contributed by atoms with Crippen molar-refractivity contribution in [1.29, 1.82) is 0 Å². The standard InChI is InChI=1S/C14H21NO/c1-13-7-5-10-15(13)11-6-12-16-14-8-3-2-4-9-14/h2-4,8-9,13H,5-7,10-12H2,1H3/t13-/m1/s1. The summed E-state index contributed by atoms with van der Waals surface area (Å²) in [5, 5.41) is 0. The molecule has 0 saturated carbocycles. The summed E-state index contributed by atoms with van der Waals surface area (Å²) in [5.74, 6) is 0.983. The SMILES string of the molecule is C[C@@H]1CCCN1CCCOc1ccccc1. The van der Waals surface area contributed by atoms with Crippen LogP contribution in [0.5, 0.6) is 5.75 Å². The number of benzene rings is 1. The van der Waals surface area contributed by atoms with Crippen molar-refractivity contribution in [2.24, 2.45) is 0 Å². The highest BCUT2D eigenvalue weighted by Crippen LogP contribution is 2.16. The van der Waals surface area contributed by atoms with E-state index < -0.39 is 0 Å². The minimum absolute atomic E-state index is 0.775. The summed E-state index contributed by atoms with van der Waals surface area (Å²) in [7, 11) is 0. The molecule has 1 atom stereocenters. The Morgan fingerprint density at radius 3 is 2.81 bits per heavy atom. The van der Waals surface area contributed by atoms with Crippen LogP contribution in [0.15, 0.2) is 30.3 Å². The van der Waals surface area contributed by atoms with Gasteiger partial charge in [0.1, 0.15) is 5.75 Å². The zero-order chi connectivity index (χ0) is 11.2. The molecule has 88 valence electrons. The molecule has 1 aromatic carbocycles. The summed E-state index contributed by atoms with van der Waals surface area (Å²) in [6, 6.07) is 10.8. The molecule has 1 aliphatic rings. The first-order valence-electron chi connectivity index (χ1n) is 6.28. The second kappa shape index (κ2) is 5.90. The molecule has 0 unspecified atom stereocenters. The molecule has 1 aromatic rings. The Morgan fingerprint density at radius 1 is 1.31 bits per heavy atom. The molecule has 0 spiro atoms. The van der Waals surface area contributed by atoms with E-state index >= 15 is 0 Å². The number of rotatable bonds is 5. The van der Waals surface area contributed by atoms with Gasteiger partial charge < -0.3 is 9.64 Å². The minimum atomic E-state index is 0.775. The highest BCUT2D eigenvalue weighted by Gasteiger charge is 2.18. The maximum atomic E-state index is 5.67. The van der Waals surface area contributed by atoms with Gasteiger partial charge in [0, 0.05) is 12.6 Å². The van der Waals surface area contributed by atoms with Gasteiger partial charge in [-0.2, -0.15) is 0 Å². The van der Waals surface area contributed by atoms with E-state index in [1.54, 1.807) is 0 Å². The van der Waals surface area contributed by atoms with Crippen molar-refractivity contribution in [3.8, 4) is 5.75 Å². The normalized spacial score (nSPS) is 21.2. The molecular weight excluding hydrogens is 198 g/mol. The van der Waals surface area contributed by atoms with Crippen LogP contribution in [0.1, 0.15) is 26.2 Å². The summed E-state index contributed by atoms with van der Waals surface area (Å²) in [6.45, 7) is 5.60. The van der Waals surface area contributed by atoms with E-state index in [2.05, 4.69) is 11.8 Å². The van der Waals surface area contributed by atoms with Gasteiger partial charge in [-0.3, -0.25) is 0 Å². The fourth-order valence-corrected chi connectivity index (χ4v) is 2.30. The molecule has 16 heavy (non-hydrogen) atoms. The Labute approximate surface area is 98.2 Å². The third kappa shape index (κ3) is 3.24. The Hall–Kier alpha value is -1.02. The lowest BCUT2D eigenvalue weighted by atomic mass is 10.2. The molecular formula is C14H21NO. The number of hydrogen-bond acceptors (Lipinski definition) is 2. The summed E-state index contributed by atoms with van der Waals surface area (Å²) < 4.78 is 5.67. The Bertz CT molecular complexity index is 299. The highest BCUT2D eigenvalue weighted by molar-refractivity contribution is 5.20. The zero-order valence-corrected chi connectivity index (χ0v) is 10.1. The molecule has 2 nitrogen and oxygen atoms in total. The van der Waals surface area contributed by atoms with E-state index in [4.69, 9.17) is 4.74 Å². The van der Waals surface area contributed by atoms with Crippen LogP contribution in [-0.4, -0.2) is 30.6 Å². The number of likely N-dealkylation sites (tertiary alicyclic amines) is 1.